The lowest BCUT2D eigenvalue weighted by molar-refractivity contribution is 0.679. The highest BCUT2D eigenvalue weighted by Gasteiger charge is 2.11. The molecule has 178 valence electrons. The minimum atomic E-state index is -1.41. The highest BCUT2D eigenvalue weighted by Crippen LogP contribution is 2.35. The van der Waals surface area contributed by atoms with Crippen LogP contribution in [0, 0.1) is 30.2 Å². The van der Waals surface area contributed by atoms with Crippen molar-refractivity contribution in [3.05, 3.63) is 65.2 Å². The molecule has 0 bridgehead atoms. The van der Waals surface area contributed by atoms with Crippen molar-refractivity contribution in [1.29, 1.82) is 0 Å². The zero-order valence-corrected chi connectivity index (χ0v) is 23.9. The van der Waals surface area contributed by atoms with Crippen molar-refractivity contribution < 1.29 is 0 Å². The predicted molar refractivity (Wildman–Crippen MR) is 161 cm³/mol. The smallest absolute Gasteiger partial charge is 0.128 e. The Balaban J connectivity index is 1.78. The first-order valence-corrected chi connectivity index (χ1v) is 17.5. The molecule has 0 unspecified atom stereocenters. The summed E-state index contributed by atoms with van der Waals surface area (Å²) in [6, 6.07) is 18.3. The van der Waals surface area contributed by atoms with Gasteiger partial charge in [0.15, 0.2) is 0 Å². The molecule has 4 aromatic carbocycles. The van der Waals surface area contributed by atoms with Crippen LogP contribution in [-0.2, 0) is 0 Å². The molecule has 0 aliphatic heterocycles. The van der Waals surface area contributed by atoms with Crippen LogP contribution in [0.25, 0.3) is 32.3 Å². The van der Waals surface area contributed by atoms with Crippen LogP contribution in [0.4, 0.5) is 0 Å². The molecule has 0 aromatic heterocycles. The van der Waals surface area contributed by atoms with Gasteiger partial charge in [0.2, 0.25) is 0 Å². The molecule has 0 saturated carbocycles. The maximum absolute atomic E-state index is 3.53. The van der Waals surface area contributed by atoms with Crippen molar-refractivity contribution in [3.8, 4) is 23.3 Å². The molecular formula is C33H36SSi. The van der Waals surface area contributed by atoms with Crippen molar-refractivity contribution in [2.24, 2.45) is 0 Å². The molecule has 0 atom stereocenters. The number of rotatable bonds is 5. The van der Waals surface area contributed by atoms with Gasteiger partial charge in [0, 0.05) is 22.4 Å². The van der Waals surface area contributed by atoms with Crippen LogP contribution < -0.4 is 0 Å². The van der Waals surface area contributed by atoms with Gasteiger partial charge in [0.1, 0.15) is 8.07 Å². The Morgan fingerprint density at radius 1 is 0.743 bits per heavy atom. The molecule has 4 aromatic rings. The van der Waals surface area contributed by atoms with Crippen molar-refractivity contribution >= 4 is 52.2 Å². The van der Waals surface area contributed by atoms with E-state index in [1.807, 2.05) is 0 Å². The molecule has 0 aliphatic carbocycles. The van der Waals surface area contributed by atoms with Gasteiger partial charge in [0.05, 0.1) is 0 Å². The van der Waals surface area contributed by atoms with E-state index >= 15 is 0 Å². The quantitative estimate of drug-likeness (QED) is 0.0878. The number of hydrogen-bond acceptors (Lipinski definition) is 1. The lowest BCUT2D eigenvalue weighted by atomic mass is 9.94. The van der Waals surface area contributed by atoms with E-state index in [0.717, 1.165) is 17.5 Å². The topological polar surface area (TPSA) is 0 Å². The van der Waals surface area contributed by atoms with Gasteiger partial charge in [-0.2, -0.15) is 0 Å². The third kappa shape index (κ3) is 5.95. The van der Waals surface area contributed by atoms with Crippen molar-refractivity contribution in [2.45, 2.75) is 70.5 Å². The maximum atomic E-state index is 3.53. The average molecular weight is 493 g/mol. The van der Waals surface area contributed by atoms with Crippen LogP contribution in [0.2, 0.25) is 19.6 Å². The third-order valence-corrected chi connectivity index (χ3v) is 8.10. The van der Waals surface area contributed by atoms with E-state index in [-0.39, 0.29) is 0 Å². The van der Waals surface area contributed by atoms with E-state index in [1.165, 1.54) is 68.5 Å². The zero-order chi connectivity index (χ0) is 25.0. The van der Waals surface area contributed by atoms with Gasteiger partial charge >= 0.3 is 0 Å². The monoisotopic (exact) mass is 492 g/mol. The standard InChI is InChI=1S/C33H36SSi/c1-7-8-9-10-11-12-13-28-22-27-15-16-29-30(32(27)23-33(28)34-3)17-14-26-21-25(18-19-35(4,5)6)24(2)20-31(26)29/h14-17,20-23H,7-11H2,1-6H3. The molecule has 0 radical (unpaired) electrons. The van der Waals surface area contributed by atoms with E-state index in [1.54, 1.807) is 11.8 Å². The minimum Gasteiger partial charge on any atom is -0.128 e. The predicted octanol–water partition coefficient (Wildman–Crippen LogP) is 9.73. The second-order valence-electron chi connectivity index (χ2n) is 10.5. The Hall–Kier alpha value is -2.65. The molecule has 0 heterocycles. The summed E-state index contributed by atoms with van der Waals surface area (Å²) in [4.78, 5) is 1.26. The number of unbranched alkanes of at least 4 members (excludes halogenated alkanes) is 4. The van der Waals surface area contributed by atoms with Gasteiger partial charge in [-0.05, 0) is 81.7 Å². The average Bonchev–Trinajstić information content (AvgIpc) is 2.83. The van der Waals surface area contributed by atoms with Crippen LogP contribution in [-0.4, -0.2) is 14.3 Å². The second kappa shape index (κ2) is 10.9. The van der Waals surface area contributed by atoms with E-state index in [9.17, 15) is 0 Å². The highest BCUT2D eigenvalue weighted by molar-refractivity contribution is 7.98. The molecule has 0 aliphatic rings. The fraction of sp³-hybridized carbons (Fsp3) is 0.333. The molecule has 0 saturated heterocycles. The second-order valence-corrected chi connectivity index (χ2v) is 16.1. The van der Waals surface area contributed by atoms with Crippen molar-refractivity contribution in [2.75, 3.05) is 6.26 Å². The summed E-state index contributed by atoms with van der Waals surface area (Å²) in [5, 5.41) is 7.76. The van der Waals surface area contributed by atoms with Gasteiger partial charge in [-0.25, -0.2) is 0 Å². The zero-order valence-electron chi connectivity index (χ0n) is 22.1. The number of thioether (sulfide) groups is 1. The van der Waals surface area contributed by atoms with Crippen LogP contribution in [0.5, 0.6) is 0 Å². The van der Waals surface area contributed by atoms with E-state index in [0.29, 0.717) is 0 Å². The maximum Gasteiger partial charge on any atom is 0.129 e. The van der Waals surface area contributed by atoms with Gasteiger partial charge in [-0.1, -0.05) is 87.9 Å². The van der Waals surface area contributed by atoms with E-state index in [2.05, 4.69) is 112 Å². The summed E-state index contributed by atoms with van der Waals surface area (Å²) in [6.45, 7) is 11.3. The summed E-state index contributed by atoms with van der Waals surface area (Å²) < 4.78 is 0. The van der Waals surface area contributed by atoms with Crippen LogP contribution >= 0.6 is 11.8 Å². The number of aryl methyl sites for hydroxylation is 1. The molecule has 0 spiro atoms. The lowest BCUT2D eigenvalue weighted by Gasteiger charge is -2.12. The van der Waals surface area contributed by atoms with Gasteiger partial charge in [0.25, 0.3) is 0 Å². The van der Waals surface area contributed by atoms with Crippen LogP contribution in [0.3, 0.4) is 0 Å². The van der Waals surface area contributed by atoms with Crippen LogP contribution in [0.1, 0.15) is 55.7 Å². The van der Waals surface area contributed by atoms with E-state index < -0.39 is 8.07 Å². The Morgan fingerprint density at radius 2 is 1.40 bits per heavy atom. The molecule has 2 heteroatoms. The minimum absolute atomic E-state index is 0.985. The van der Waals surface area contributed by atoms with E-state index in [4.69, 9.17) is 0 Å². The number of benzene rings is 4. The fourth-order valence-corrected chi connectivity index (χ4v) is 5.59. The van der Waals surface area contributed by atoms with Gasteiger partial charge in [-0.3, -0.25) is 0 Å². The largest absolute Gasteiger partial charge is 0.129 e. The highest BCUT2D eigenvalue weighted by atomic mass is 32.2. The first-order chi connectivity index (χ1) is 16.8. The lowest BCUT2D eigenvalue weighted by Crippen LogP contribution is -2.16. The summed E-state index contributed by atoms with van der Waals surface area (Å²) in [7, 11) is -1.41. The Morgan fingerprint density at radius 3 is 2.03 bits per heavy atom. The van der Waals surface area contributed by atoms with Gasteiger partial charge in [-0.15, -0.1) is 17.3 Å². The number of hydrogen-bond donors (Lipinski definition) is 0. The summed E-state index contributed by atoms with van der Waals surface area (Å²) in [5.41, 5.74) is 7.09. The normalized spacial score (nSPS) is 11.4. The number of fused-ring (bicyclic) bond motifs is 5. The van der Waals surface area contributed by atoms with Crippen molar-refractivity contribution in [1.82, 2.24) is 0 Å². The molecule has 0 N–H and O–H groups in total. The van der Waals surface area contributed by atoms with Gasteiger partial charge < -0.3 is 0 Å². The molecule has 0 nitrogen and oxygen atoms in total. The fourth-order valence-electron chi connectivity index (χ4n) is 4.51. The first kappa shape index (κ1) is 25.4. The first-order valence-electron chi connectivity index (χ1n) is 12.8. The molecule has 0 amide bonds. The van der Waals surface area contributed by atoms with Crippen LogP contribution in [0.15, 0.2) is 53.4 Å². The summed E-state index contributed by atoms with van der Waals surface area (Å²) in [6.07, 6.45) is 8.20. The Kier molecular flexibility index (Phi) is 7.96. The Labute approximate surface area is 216 Å². The van der Waals surface area contributed by atoms with Crippen molar-refractivity contribution in [3.63, 3.8) is 0 Å². The third-order valence-electron chi connectivity index (χ3n) is 6.45. The molecule has 4 rings (SSSR count). The summed E-state index contributed by atoms with van der Waals surface area (Å²) in [5.74, 6) is 10.4. The molecule has 35 heavy (non-hydrogen) atoms. The molecular weight excluding hydrogens is 457 g/mol. The Bertz CT molecular complexity index is 1510. The SMILES string of the molecule is CCCCCCC#Cc1cc2ccc3c4cc(C)c(C#C[Si](C)(C)C)cc4ccc3c2cc1SC. The molecule has 0 fully saturated rings. The summed E-state index contributed by atoms with van der Waals surface area (Å²) >= 11 is 1.79.